The van der Waals surface area contributed by atoms with Crippen molar-refractivity contribution in [2.45, 2.75) is 32.8 Å². The van der Waals surface area contributed by atoms with Crippen molar-refractivity contribution in [3.8, 4) is 11.5 Å². The van der Waals surface area contributed by atoms with Gasteiger partial charge in [-0.1, -0.05) is 19.0 Å². The van der Waals surface area contributed by atoms with E-state index >= 15 is 0 Å². The van der Waals surface area contributed by atoms with Gasteiger partial charge in [-0.05, 0) is 25.0 Å². The minimum absolute atomic E-state index is 0.00635. The van der Waals surface area contributed by atoms with Crippen LogP contribution in [0.5, 0.6) is 11.5 Å². The fraction of sp³-hybridized carbons (Fsp3) is 0.462. The molecule has 0 heterocycles. The maximum Gasteiger partial charge on any atom is 0.128 e. The summed E-state index contributed by atoms with van der Waals surface area (Å²) in [6.45, 7) is 3.88. The molecule has 5 nitrogen and oxygen atoms in total. The second-order valence-corrected chi connectivity index (χ2v) is 3.95. The highest BCUT2D eigenvalue weighted by Gasteiger charge is 2.10. The van der Waals surface area contributed by atoms with E-state index < -0.39 is 6.10 Å². The number of ether oxygens (including phenoxy) is 1. The van der Waals surface area contributed by atoms with Crippen LogP contribution in [0.1, 0.15) is 32.3 Å². The second kappa shape index (κ2) is 6.86. The zero-order chi connectivity index (χ0) is 13.5. The molecule has 18 heavy (non-hydrogen) atoms. The average Bonchev–Trinajstić information content (AvgIpc) is 2.39. The molecule has 0 aliphatic rings. The first kappa shape index (κ1) is 14.3. The Morgan fingerprint density at radius 3 is 2.61 bits per heavy atom. The topological polar surface area (TPSA) is 82.3 Å². The van der Waals surface area contributed by atoms with E-state index in [1.807, 2.05) is 13.8 Å². The Balaban J connectivity index is 2.79. The van der Waals surface area contributed by atoms with Crippen molar-refractivity contribution in [1.29, 1.82) is 0 Å². The second-order valence-electron chi connectivity index (χ2n) is 3.95. The molecule has 5 heteroatoms. The number of phenolic OH excluding ortho intramolecular Hbond substituents is 1. The van der Waals surface area contributed by atoms with Gasteiger partial charge in [0.1, 0.15) is 18.1 Å². The lowest BCUT2D eigenvalue weighted by molar-refractivity contribution is 0.104. The summed E-state index contributed by atoms with van der Waals surface area (Å²) in [5.41, 5.74) is 0.885. The third-order valence-electron chi connectivity index (χ3n) is 2.65. The van der Waals surface area contributed by atoms with Gasteiger partial charge in [0, 0.05) is 11.6 Å². The average molecular weight is 253 g/mol. The van der Waals surface area contributed by atoms with Gasteiger partial charge in [0.05, 0.1) is 11.8 Å². The van der Waals surface area contributed by atoms with Crippen molar-refractivity contribution in [3.05, 3.63) is 23.8 Å². The molecule has 1 aromatic rings. The SMILES string of the molecule is CC/C(=N/O)c1ccc(OC[C@H](O)CC)cc1O. The minimum Gasteiger partial charge on any atom is -0.507 e. The van der Waals surface area contributed by atoms with Crippen LogP contribution in [0.2, 0.25) is 0 Å². The van der Waals surface area contributed by atoms with Crippen molar-refractivity contribution in [2.75, 3.05) is 6.61 Å². The molecule has 0 aliphatic carbocycles. The summed E-state index contributed by atoms with van der Waals surface area (Å²) in [5.74, 6) is 0.463. The largest absolute Gasteiger partial charge is 0.507 e. The Hall–Kier alpha value is -1.75. The van der Waals surface area contributed by atoms with Crippen LogP contribution in [0.25, 0.3) is 0 Å². The van der Waals surface area contributed by atoms with E-state index in [9.17, 15) is 10.2 Å². The number of hydrogen-bond acceptors (Lipinski definition) is 5. The minimum atomic E-state index is -0.517. The molecule has 1 atom stereocenters. The van der Waals surface area contributed by atoms with E-state index in [0.717, 1.165) is 0 Å². The number of oxime groups is 1. The molecule has 0 amide bonds. The number of phenols is 1. The molecule has 0 bridgehead atoms. The number of aliphatic hydroxyl groups is 1. The van der Waals surface area contributed by atoms with Crippen LogP contribution < -0.4 is 4.74 Å². The molecule has 0 aromatic heterocycles. The smallest absolute Gasteiger partial charge is 0.128 e. The van der Waals surface area contributed by atoms with Crippen LogP contribution in [0.4, 0.5) is 0 Å². The van der Waals surface area contributed by atoms with Crippen LogP contribution in [-0.2, 0) is 0 Å². The lowest BCUT2D eigenvalue weighted by atomic mass is 10.1. The monoisotopic (exact) mass is 253 g/mol. The van der Waals surface area contributed by atoms with Crippen LogP contribution in [0.15, 0.2) is 23.4 Å². The zero-order valence-electron chi connectivity index (χ0n) is 10.6. The first-order chi connectivity index (χ1) is 8.62. The molecule has 0 fully saturated rings. The molecule has 3 N–H and O–H groups in total. The summed E-state index contributed by atoms with van der Waals surface area (Å²) >= 11 is 0. The molecule has 0 aliphatic heterocycles. The van der Waals surface area contributed by atoms with Gasteiger partial charge in [-0.25, -0.2) is 0 Å². The van der Waals surface area contributed by atoms with Gasteiger partial charge in [-0.15, -0.1) is 0 Å². The van der Waals surface area contributed by atoms with E-state index in [4.69, 9.17) is 9.94 Å². The Morgan fingerprint density at radius 1 is 1.39 bits per heavy atom. The standard InChI is InChI=1S/C13H19NO4/c1-3-9(15)8-18-10-5-6-11(13(16)7-10)12(4-2)14-17/h5-7,9,15-17H,3-4,8H2,1-2H3/b14-12-/t9-/m1/s1. The third kappa shape index (κ3) is 3.63. The van der Waals surface area contributed by atoms with Crippen molar-refractivity contribution in [2.24, 2.45) is 5.16 Å². The Kier molecular flexibility index (Phi) is 5.45. The van der Waals surface area contributed by atoms with E-state index in [2.05, 4.69) is 5.16 Å². The van der Waals surface area contributed by atoms with E-state index in [-0.39, 0.29) is 12.4 Å². The summed E-state index contributed by atoms with van der Waals surface area (Å²) in [5, 5.41) is 31.1. The Bertz CT molecular complexity index is 417. The Labute approximate surface area is 106 Å². The van der Waals surface area contributed by atoms with Crippen LogP contribution >= 0.6 is 0 Å². The van der Waals surface area contributed by atoms with E-state index in [1.54, 1.807) is 12.1 Å². The number of aliphatic hydroxyl groups excluding tert-OH is 1. The molecular weight excluding hydrogens is 234 g/mol. The van der Waals surface area contributed by atoms with Crippen molar-refractivity contribution in [3.63, 3.8) is 0 Å². The van der Waals surface area contributed by atoms with Crippen LogP contribution in [0, 0.1) is 0 Å². The fourth-order valence-corrected chi connectivity index (χ4v) is 1.47. The number of hydrogen-bond donors (Lipinski definition) is 3. The fourth-order valence-electron chi connectivity index (χ4n) is 1.47. The summed E-state index contributed by atoms with van der Waals surface area (Å²) < 4.78 is 5.33. The molecule has 100 valence electrons. The molecule has 0 saturated carbocycles. The Morgan fingerprint density at radius 2 is 2.11 bits per heavy atom. The lowest BCUT2D eigenvalue weighted by Gasteiger charge is -2.12. The quantitative estimate of drug-likeness (QED) is 0.412. The number of benzene rings is 1. The van der Waals surface area contributed by atoms with Gasteiger partial charge < -0.3 is 20.2 Å². The van der Waals surface area contributed by atoms with E-state index in [1.165, 1.54) is 6.07 Å². The number of rotatable bonds is 6. The third-order valence-corrected chi connectivity index (χ3v) is 2.65. The lowest BCUT2D eigenvalue weighted by Crippen LogP contribution is -2.16. The molecule has 1 rings (SSSR count). The maximum atomic E-state index is 9.81. The summed E-state index contributed by atoms with van der Waals surface area (Å²) in [6, 6.07) is 4.73. The molecule has 0 radical (unpaired) electrons. The highest BCUT2D eigenvalue weighted by atomic mass is 16.5. The molecule has 1 aromatic carbocycles. The zero-order valence-corrected chi connectivity index (χ0v) is 10.6. The predicted molar refractivity (Wildman–Crippen MR) is 68.5 cm³/mol. The van der Waals surface area contributed by atoms with Gasteiger partial charge in [0.25, 0.3) is 0 Å². The molecule has 0 saturated heterocycles. The van der Waals surface area contributed by atoms with E-state index in [0.29, 0.717) is 29.9 Å². The highest BCUT2D eigenvalue weighted by Crippen LogP contribution is 2.25. The normalized spacial score (nSPS) is 13.4. The molecular formula is C13H19NO4. The highest BCUT2D eigenvalue weighted by molar-refractivity contribution is 6.02. The van der Waals surface area contributed by atoms with Crippen molar-refractivity contribution < 1.29 is 20.2 Å². The van der Waals surface area contributed by atoms with Crippen LogP contribution in [0.3, 0.4) is 0 Å². The van der Waals surface area contributed by atoms with Crippen molar-refractivity contribution >= 4 is 5.71 Å². The summed E-state index contributed by atoms with van der Waals surface area (Å²) in [4.78, 5) is 0. The summed E-state index contributed by atoms with van der Waals surface area (Å²) in [6.07, 6.45) is 0.608. The number of aromatic hydroxyl groups is 1. The molecule has 0 unspecified atom stereocenters. The van der Waals surface area contributed by atoms with Gasteiger partial charge in [-0.3, -0.25) is 0 Å². The maximum absolute atomic E-state index is 9.81. The molecule has 0 spiro atoms. The summed E-state index contributed by atoms with van der Waals surface area (Å²) in [7, 11) is 0. The van der Waals surface area contributed by atoms with Crippen molar-refractivity contribution in [1.82, 2.24) is 0 Å². The van der Waals surface area contributed by atoms with Gasteiger partial charge >= 0.3 is 0 Å². The van der Waals surface area contributed by atoms with Gasteiger partial charge in [0.2, 0.25) is 0 Å². The van der Waals surface area contributed by atoms with Gasteiger partial charge in [-0.2, -0.15) is 0 Å². The van der Waals surface area contributed by atoms with Crippen LogP contribution in [-0.4, -0.2) is 33.8 Å². The number of nitrogens with zero attached hydrogens (tertiary/aromatic N) is 1. The first-order valence-corrected chi connectivity index (χ1v) is 5.97. The van der Waals surface area contributed by atoms with Gasteiger partial charge in [0.15, 0.2) is 0 Å². The first-order valence-electron chi connectivity index (χ1n) is 5.97. The predicted octanol–water partition coefficient (Wildman–Crippen LogP) is 2.13.